The number of nitrogens with zero attached hydrogens (tertiary/aromatic N) is 1. The van der Waals surface area contributed by atoms with Crippen LogP contribution < -0.4 is 10.6 Å². The summed E-state index contributed by atoms with van der Waals surface area (Å²) in [7, 11) is 5.41. The quantitative estimate of drug-likeness (QED) is 0.295. The van der Waals surface area contributed by atoms with Crippen molar-refractivity contribution in [2.24, 2.45) is 17.8 Å². The maximum Gasteiger partial charge on any atom is 0.408 e. The monoisotopic (exact) mass is 627 g/mol. The van der Waals surface area contributed by atoms with Crippen molar-refractivity contribution >= 4 is 17.8 Å². The number of amides is 1. The zero-order chi connectivity index (χ0) is 33.1. The zero-order valence-electron chi connectivity index (χ0n) is 28.5. The lowest BCUT2D eigenvalue weighted by Crippen LogP contribution is -2.60. The summed E-state index contributed by atoms with van der Waals surface area (Å²) < 4.78 is 30.7. The van der Waals surface area contributed by atoms with Crippen molar-refractivity contribution in [3.63, 3.8) is 0 Å². The Morgan fingerprint density at radius 1 is 1.07 bits per heavy atom. The number of cyclic esters (lactones) is 1. The molecule has 3 rings (SSSR count). The molecule has 3 fully saturated rings. The molecule has 3 heterocycles. The molecule has 12 nitrogen and oxygen atoms in total. The largest absolute Gasteiger partial charge is 0.458 e. The average Bonchev–Trinajstić information content (AvgIpc) is 3.30. The van der Waals surface area contributed by atoms with Crippen LogP contribution in [0.5, 0.6) is 0 Å². The summed E-state index contributed by atoms with van der Waals surface area (Å²) in [5.41, 5.74) is -2.14. The standard InChI is InChI=1S/C32H57N3O9/c1-12-21-14-22(35(9)10)25(37)29(41-21)43-27-18(4)24(36)19(5)28(38)42-23(13-2)32(8)26(34-30(39)44-32)20(6)33-16-17(3)15-31(27,7)40-11/h17-23,25-27,29,33,37H,12-16H2,1-11H3,(H,34,39)/t17-,18+,19?,20-,21-,22?,23-,25-,26-,27-,29+,31-,32-/m1/s1. The third-order valence-electron chi connectivity index (χ3n) is 10.2. The molecule has 254 valence electrons. The first kappa shape index (κ1) is 36.6. The van der Waals surface area contributed by atoms with Gasteiger partial charge in [-0.1, -0.05) is 27.7 Å². The van der Waals surface area contributed by atoms with Gasteiger partial charge in [-0.05, 0) is 79.9 Å². The van der Waals surface area contributed by atoms with E-state index in [9.17, 15) is 19.5 Å². The van der Waals surface area contributed by atoms with Gasteiger partial charge in [0.1, 0.15) is 18.1 Å². The topological polar surface area (TPSA) is 145 Å². The summed E-state index contributed by atoms with van der Waals surface area (Å²) >= 11 is 0. The van der Waals surface area contributed by atoms with Crippen LogP contribution in [0.2, 0.25) is 0 Å². The van der Waals surface area contributed by atoms with E-state index in [0.717, 1.165) is 6.42 Å². The molecule has 12 heteroatoms. The molecule has 0 aromatic carbocycles. The first-order valence-corrected chi connectivity index (χ1v) is 16.2. The number of hydrogen-bond donors (Lipinski definition) is 3. The summed E-state index contributed by atoms with van der Waals surface area (Å²) in [6.07, 6.45) is -2.06. The predicted octanol–water partition coefficient (Wildman–Crippen LogP) is 2.64. The van der Waals surface area contributed by atoms with Crippen LogP contribution in [0.1, 0.15) is 81.1 Å². The summed E-state index contributed by atoms with van der Waals surface area (Å²) in [5, 5.41) is 17.8. The lowest BCUT2D eigenvalue weighted by Gasteiger charge is -2.47. The van der Waals surface area contributed by atoms with Crippen molar-refractivity contribution in [3.8, 4) is 0 Å². The highest BCUT2D eigenvalue weighted by Crippen LogP contribution is 2.38. The molecule has 0 aromatic rings. The summed E-state index contributed by atoms with van der Waals surface area (Å²) in [5.74, 6) is -3.00. The number of ketones is 1. The number of rotatable bonds is 6. The van der Waals surface area contributed by atoms with Gasteiger partial charge in [0.05, 0.1) is 23.9 Å². The minimum Gasteiger partial charge on any atom is -0.458 e. The maximum absolute atomic E-state index is 14.1. The molecule has 0 aliphatic carbocycles. The van der Waals surface area contributed by atoms with Crippen LogP contribution in [0, 0.1) is 17.8 Å². The van der Waals surface area contributed by atoms with Gasteiger partial charge < -0.3 is 44.3 Å². The number of aliphatic hydroxyl groups is 1. The molecule has 0 bridgehead atoms. The molecule has 0 radical (unpaired) electrons. The lowest BCUT2D eigenvalue weighted by atomic mass is 9.78. The number of carbonyl (C=O) groups is 3. The molecule has 3 saturated heterocycles. The zero-order valence-corrected chi connectivity index (χ0v) is 28.5. The Morgan fingerprint density at radius 3 is 2.30 bits per heavy atom. The fourth-order valence-corrected chi connectivity index (χ4v) is 7.29. The molecule has 44 heavy (non-hydrogen) atoms. The van der Waals surface area contributed by atoms with Gasteiger partial charge in [-0.3, -0.25) is 9.59 Å². The Morgan fingerprint density at radius 2 is 1.73 bits per heavy atom. The van der Waals surface area contributed by atoms with Crippen LogP contribution >= 0.6 is 0 Å². The number of carbonyl (C=O) groups excluding carboxylic acids is 3. The first-order chi connectivity index (χ1) is 20.5. The van der Waals surface area contributed by atoms with Gasteiger partial charge in [-0.25, -0.2) is 4.79 Å². The number of alkyl carbamates (subject to hydrolysis) is 1. The number of esters is 1. The number of likely N-dealkylation sites (N-methyl/N-ethyl adjacent to an activating group) is 1. The second-order valence-electron chi connectivity index (χ2n) is 13.8. The molecule has 3 aliphatic rings. The lowest BCUT2D eigenvalue weighted by molar-refractivity contribution is -0.298. The van der Waals surface area contributed by atoms with Gasteiger partial charge >= 0.3 is 12.1 Å². The fourth-order valence-electron chi connectivity index (χ4n) is 7.29. The minimum absolute atomic E-state index is 0.0394. The number of fused-ring (bicyclic) bond motifs is 1. The van der Waals surface area contributed by atoms with Crippen LogP contribution in [-0.4, -0.2) is 116 Å². The Labute approximate surface area is 263 Å². The number of aliphatic hydroxyl groups excluding tert-OH is 1. The van der Waals surface area contributed by atoms with E-state index in [2.05, 4.69) is 17.6 Å². The number of nitrogens with one attached hydrogen (secondary N) is 2. The van der Waals surface area contributed by atoms with Crippen LogP contribution in [0.3, 0.4) is 0 Å². The van der Waals surface area contributed by atoms with Gasteiger partial charge in [0.25, 0.3) is 0 Å². The van der Waals surface area contributed by atoms with Crippen LogP contribution in [0.25, 0.3) is 0 Å². The van der Waals surface area contributed by atoms with E-state index in [0.29, 0.717) is 25.8 Å². The second kappa shape index (κ2) is 14.7. The van der Waals surface area contributed by atoms with Crippen molar-refractivity contribution in [2.75, 3.05) is 27.7 Å². The van der Waals surface area contributed by atoms with Crippen molar-refractivity contribution < 1.29 is 43.2 Å². The third-order valence-corrected chi connectivity index (χ3v) is 10.2. The van der Waals surface area contributed by atoms with Gasteiger partial charge in [0.2, 0.25) is 0 Å². The first-order valence-electron chi connectivity index (χ1n) is 16.2. The van der Waals surface area contributed by atoms with E-state index in [-0.39, 0.29) is 29.9 Å². The molecular weight excluding hydrogens is 570 g/mol. The molecule has 13 atom stereocenters. The summed E-state index contributed by atoms with van der Waals surface area (Å²) in [6.45, 7) is 15.4. The van der Waals surface area contributed by atoms with E-state index in [4.69, 9.17) is 23.7 Å². The Hall–Kier alpha value is -1.83. The average molecular weight is 628 g/mol. The van der Waals surface area contributed by atoms with Crippen LogP contribution in [0.15, 0.2) is 0 Å². The number of methoxy groups -OCH3 is 1. The number of Topliss-reactive ketones (excluding diaryl/α,β-unsaturated/α-hetero) is 1. The Bertz CT molecular complexity index is 1010. The molecule has 0 spiro atoms. The molecule has 3 N–H and O–H groups in total. The normalized spacial score (nSPS) is 44.7. The van der Waals surface area contributed by atoms with Crippen molar-refractivity contribution in [3.05, 3.63) is 0 Å². The fraction of sp³-hybridized carbons (Fsp3) is 0.906. The number of ether oxygens (including phenoxy) is 5. The Kier molecular flexibility index (Phi) is 12.3. The second-order valence-corrected chi connectivity index (χ2v) is 13.8. The highest BCUT2D eigenvalue weighted by Gasteiger charge is 2.55. The van der Waals surface area contributed by atoms with E-state index in [1.54, 1.807) is 21.0 Å². The molecule has 2 unspecified atom stereocenters. The van der Waals surface area contributed by atoms with Crippen LogP contribution in [0.4, 0.5) is 4.79 Å². The minimum atomic E-state index is -1.15. The summed E-state index contributed by atoms with van der Waals surface area (Å²) in [6, 6.07) is -0.917. The predicted molar refractivity (Wildman–Crippen MR) is 164 cm³/mol. The van der Waals surface area contributed by atoms with E-state index in [1.165, 1.54) is 6.92 Å². The molecule has 1 amide bonds. The van der Waals surface area contributed by atoms with Crippen molar-refractivity contribution in [1.82, 2.24) is 15.5 Å². The SMILES string of the molecule is CC[C@@H]1CC(N(C)C)[C@@H](O)[C@H](O[C@@H]2[C@@H](C)C(=O)C(C)C(=O)O[C@H](CC)[C@@]3(C)OC(=O)N[C@@H]3[C@@H](C)NC[C@H](C)C[C@@]2(C)OC)O1. The van der Waals surface area contributed by atoms with Crippen LogP contribution in [-0.2, 0) is 33.3 Å². The van der Waals surface area contributed by atoms with E-state index < -0.39 is 65.7 Å². The smallest absolute Gasteiger partial charge is 0.408 e. The number of hydrogen-bond acceptors (Lipinski definition) is 11. The van der Waals surface area contributed by atoms with Crippen molar-refractivity contribution in [1.29, 1.82) is 0 Å². The highest BCUT2D eigenvalue weighted by molar-refractivity contribution is 6.00. The highest BCUT2D eigenvalue weighted by atomic mass is 16.7. The van der Waals surface area contributed by atoms with E-state index in [1.807, 2.05) is 46.7 Å². The van der Waals surface area contributed by atoms with E-state index >= 15 is 0 Å². The molecule has 3 aliphatic heterocycles. The van der Waals surface area contributed by atoms with Gasteiger partial charge in [0, 0.05) is 25.1 Å². The maximum atomic E-state index is 14.1. The van der Waals surface area contributed by atoms with Crippen molar-refractivity contribution in [2.45, 2.75) is 141 Å². The Balaban J connectivity index is 2.03. The molecule has 0 aromatic heterocycles. The third kappa shape index (κ3) is 7.58. The van der Waals surface area contributed by atoms with Gasteiger partial charge in [0.15, 0.2) is 17.7 Å². The summed E-state index contributed by atoms with van der Waals surface area (Å²) in [4.78, 5) is 42.0. The molecular formula is C32H57N3O9. The molecule has 0 saturated carbocycles. The van der Waals surface area contributed by atoms with Gasteiger partial charge in [-0.2, -0.15) is 0 Å². The van der Waals surface area contributed by atoms with Gasteiger partial charge in [-0.15, -0.1) is 0 Å².